The smallest absolute Gasteiger partial charge is 0.193 e. The third kappa shape index (κ3) is 5.69. The van der Waals surface area contributed by atoms with E-state index in [2.05, 4.69) is 11.9 Å². The second-order valence-corrected chi connectivity index (χ2v) is 5.15. The van der Waals surface area contributed by atoms with E-state index in [1.54, 1.807) is 13.0 Å². The Hall–Kier alpha value is -2.94. The van der Waals surface area contributed by atoms with Crippen LogP contribution in [-0.2, 0) is 4.79 Å². The van der Waals surface area contributed by atoms with E-state index in [1.165, 1.54) is 0 Å². The molecule has 24 heavy (non-hydrogen) atoms. The van der Waals surface area contributed by atoms with Crippen molar-refractivity contribution in [2.24, 2.45) is 0 Å². The molecule has 0 bridgehead atoms. The number of carbonyl (C=O) groups excluding carboxylic acids is 2. The maximum absolute atomic E-state index is 12.2. The molecule has 0 unspecified atom stereocenters. The van der Waals surface area contributed by atoms with Gasteiger partial charge in [-0.2, -0.15) is 0 Å². The zero-order chi connectivity index (χ0) is 17.9. The topological polar surface area (TPSA) is 46.2 Å². The highest BCUT2D eigenvalue weighted by molar-refractivity contribution is 6.09. The number of rotatable bonds is 5. The highest BCUT2D eigenvalue weighted by Gasteiger charge is 2.08. The number of aldehydes is 1. The summed E-state index contributed by atoms with van der Waals surface area (Å²) in [5, 5.41) is 2.98. The molecule has 2 aromatic carbocycles. The number of hydrogen-bond acceptors (Lipinski definition) is 3. The fourth-order valence-electron chi connectivity index (χ4n) is 1.79. The lowest BCUT2D eigenvalue weighted by Crippen LogP contribution is -2.04. The lowest BCUT2D eigenvalue weighted by molar-refractivity contribution is -0.104. The third-order valence-electron chi connectivity index (χ3n) is 3.47. The lowest BCUT2D eigenvalue weighted by atomic mass is 10.0. The van der Waals surface area contributed by atoms with Gasteiger partial charge in [-0.1, -0.05) is 67.3 Å². The molecule has 0 aliphatic rings. The lowest BCUT2D eigenvalue weighted by Gasteiger charge is -2.06. The minimum atomic E-state index is 0.0391. The number of allylic oxidation sites excluding steroid dienone is 2. The van der Waals surface area contributed by atoms with Gasteiger partial charge < -0.3 is 5.32 Å². The second-order valence-electron chi connectivity index (χ2n) is 5.15. The molecule has 1 N–H and O–H groups in total. The van der Waals surface area contributed by atoms with E-state index in [4.69, 9.17) is 0 Å². The average Bonchev–Trinajstić information content (AvgIpc) is 2.67. The minimum absolute atomic E-state index is 0.0391. The molecule has 0 saturated carbocycles. The van der Waals surface area contributed by atoms with Gasteiger partial charge in [-0.15, -0.1) is 0 Å². The molecule has 0 aliphatic heterocycles. The van der Waals surface area contributed by atoms with Crippen LogP contribution in [0.5, 0.6) is 0 Å². The van der Waals surface area contributed by atoms with Crippen LogP contribution in [-0.4, -0.2) is 19.1 Å². The van der Waals surface area contributed by atoms with Gasteiger partial charge in [-0.3, -0.25) is 9.59 Å². The fraction of sp³-hybridized carbons (Fsp3) is 0.143. The normalized spacial score (nSPS) is 10.2. The minimum Gasteiger partial charge on any atom is -0.388 e. The van der Waals surface area contributed by atoms with Gasteiger partial charge in [0.05, 0.1) is 0 Å². The Kier molecular flexibility index (Phi) is 7.92. The number of ketones is 1. The van der Waals surface area contributed by atoms with Crippen molar-refractivity contribution < 1.29 is 9.59 Å². The average molecular weight is 321 g/mol. The molecule has 0 aromatic heterocycles. The Morgan fingerprint density at radius 1 is 0.958 bits per heavy atom. The van der Waals surface area contributed by atoms with Crippen molar-refractivity contribution in [3.63, 3.8) is 0 Å². The van der Waals surface area contributed by atoms with E-state index >= 15 is 0 Å². The standard InChI is InChI=1S/C16H15NO.C5H8O/c1-12(17-2)13-8-10-15(11-9-13)16(18)14-6-4-3-5-7-14;1-3-5(2)4-6/h3-11,17H,1H2,2H3;3-4H,1-2H3/b;5-3+. The van der Waals surface area contributed by atoms with E-state index < -0.39 is 0 Å². The fourth-order valence-corrected chi connectivity index (χ4v) is 1.79. The molecule has 124 valence electrons. The van der Waals surface area contributed by atoms with Gasteiger partial charge in [0.15, 0.2) is 5.78 Å². The van der Waals surface area contributed by atoms with Gasteiger partial charge in [-0.05, 0) is 25.0 Å². The van der Waals surface area contributed by atoms with Crippen molar-refractivity contribution >= 4 is 17.8 Å². The number of carbonyl (C=O) groups is 2. The van der Waals surface area contributed by atoms with Crippen LogP contribution in [0.1, 0.15) is 35.3 Å². The third-order valence-corrected chi connectivity index (χ3v) is 3.47. The predicted octanol–water partition coefficient (Wildman–Crippen LogP) is 4.26. The molecule has 0 radical (unpaired) electrons. The Labute approximate surface area is 143 Å². The largest absolute Gasteiger partial charge is 0.388 e. The zero-order valence-electron chi connectivity index (χ0n) is 14.4. The molecule has 3 nitrogen and oxygen atoms in total. The second kappa shape index (κ2) is 9.95. The number of benzene rings is 2. The van der Waals surface area contributed by atoms with Crippen molar-refractivity contribution in [2.75, 3.05) is 7.05 Å². The first-order valence-corrected chi connectivity index (χ1v) is 7.68. The van der Waals surface area contributed by atoms with Gasteiger partial charge in [0.25, 0.3) is 0 Å². The number of nitrogens with one attached hydrogen (secondary N) is 1. The molecule has 0 spiro atoms. The SMILES string of the molecule is C/C=C(\C)C=O.C=C(NC)c1ccc(C(=O)c2ccccc2)cc1. The molecule has 0 fully saturated rings. The summed E-state index contributed by atoms with van der Waals surface area (Å²) in [6.45, 7) is 7.49. The molecular weight excluding hydrogens is 298 g/mol. The Balaban J connectivity index is 0.000000413. The summed E-state index contributed by atoms with van der Waals surface area (Å²) in [5.41, 5.74) is 4.01. The maximum atomic E-state index is 12.2. The molecule has 2 aromatic rings. The summed E-state index contributed by atoms with van der Waals surface area (Å²) < 4.78 is 0. The molecule has 0 heterocycles. The quantitative estimate of drug-likeness (QED) is 0.508. The first-order chi connectivity index (χ1) is 11.5. The first-order valence-electron chi connectivity index (χ1n) is 7.68. The van der Waals surface area contributed by atoms with Gasteiger partial charge in [0, 0.05) is 23.9 Å². The van der Waals surface area contributed by atoms with Crippen molar-refractivity contribution in [2.45, 2.75) is 13.8 Å². The summed E-state index contributed by atoms with van der Waals surface area (Å²) in [6, 6.07) is 16.7. The predicted molar refractivity (Wildman–Crippen MR) is 99.9 cm³/mol. The molecule has 3 heteroatoms. The van der Waals surface area contributed by atoms with E-state index in [-0.39, 0.29) is 5.78 Å². The molecular formula is C21H23NO2. The van der Waals surface area contributed by atoms with Crippen molar-refractivity contribution in [3.8, 4) is 0 Å². The first kappa shape index (κ1) is 19.1. The van der Waals surface area contributed by atoms with E-state index in [9.17, 15) is 9.59 Å². The summed E-state index contributed by atoms with van der Waals surface area (Å²) in [7, 11) is 1.82. The Bertz CT molecular complexity index is 713. The zero-order valence-corrected chi connectivity index (χ0v) is 14.4. The summed E-state index contributed by atoms with van der Waals surface area (Å²) in [5.74, 6) is 0.0391. The van der Waals surface area contributed by atoms with Crippen LogP contribution in [0.4, 0.5) is 0 Å². The highest BCUT2D eigenvalue weighted by Crippen LogP contribution is 2.14. The van der Waals surface area contributed by atoms with E-state index in [0.29, 0.717) is 11.1 Å². The summed E-state index contributed by atoms with van der Waals surface area (Å²) >= 11 is 0. The molecule has 0 atom stereocenters. The van der Waals surface area contributed by atoms with Crippen LogP contribution >= 0.6 is 0 Å². The van der Waals surface area contributed by atoms with Gasteiger partial charge in [0.1, 0.15) is 6.29 Å². The molecule has 0 aliphatic carbocycles. The van der Waals surface area contributed by atoms with Crippen LogP contribution in [0.2, 0.25) is 0 Å². The summed E-state index contributed by atoms with van der Waals surface area (Å²) in [4.78, 5) is 21.8. The highest BCUT2D eigenvalue weighted by atomic mass is 16.1. The maximum Gasteiger partial charge on any atom is 0.193 e. The van der Waals surface area contributed by atoms with Crippen molar-refractivity contribution in [1.29, 1.82) is 0 Å². The van der Waals surface area contributed by atoms with Crippen molar-refractivity contribution in [1.82, 2.24) is 5.32 Å². The monoisotopic (exact) mass is 321 g/mol. The van der Waals surface area contributed by atoms with Crippen LogP contribution in [0.15, 0.2) is 72.8 Å². The van der Waals surface area contributed by atoms with Crippen LogP contribution in [0.3, 0.4) is 0 Å². The van der Waals surface area contributed by atoms with E-state index in [0.717, 1.165) is 23.1 Å². The molecule has 2 rings (SSSR count). The Morgan fingerprint density at radius 2 is 1.46 bits per heavy atom. The van der Waals surface area contributed by atoms with Crippen LogP contribution in [0.25, 0.3) is 5.70 Å². The summed E-state index contributed by atoms with van der Waals surface area (Å²) in [6.07, 6.45) is 2.60. The van der Waals surface area contributed by atoms with Gasteiger partial charge in [0.2, 0.25) is 0 Å². The van der Waals surface area contributed by atoms with Crippen LogP contribution in [0, 0.1) is 0 Å². The number of hydrogen-bond donors (Lipinski definition) is 1. The van der Waals surface area contributed by atoms with Gasteiger partial charge >= 0.3 is 0 Å². The van der Waals surface area contributed by atoms with Crippen molar-refractivity contribution in [3.05, 3.63) is 89.5 Å². The molecule has 0 saturated heterocycles. The van der Waals surface area contributed by atoms with Crippen LogP contribution < -0.4 is 5.32 Å². The molecule has 0 amide bonds. The van der Waals surface area contributed by atoms with Gasteiger partial charge in [-0.25, -0.2) is 0 Å². The van der Waals surface area contributed by atoms with E-state index in [1.807, 2.05) is 68.6 Å². The Morgan fingerprint density at radius 3 is 1.88 bits per heavy atom.